The lowest BCUT2D eigenvalue weighted by molar-refractivity contribution is -0.0156. The van der Waals surface area contributed by atoms with Gasteiger partial charge in [-0.1, -0.05) is 42.0 Å². The number of hydrogen-bond acceptors (Lipinski definition) is 4. The number of nitrogens with zero attached hydrogens (tertiary/aromatic N) is 2. The largest absolute Gasteiger partial charge is 0.497 e. The number of methoxy groups -OCH3 is 1. The molecule has 4 rings (SSSR count). The van der Waals surface area contributed by atoms with Crippen molar-refractivity contribution in [1.29, 1.82) is 0 Å². The topological polar surface area (TPSA) is 50.4 Å². The highest BCUT2D eigenvalue weighted by atomic mass is 16.5. The maximum absolute atomic E-state index is 5.75. The molecule has 2 aromatic carbocycles. The summed E-state index contributed by atoms with van der Waals surface area (Å²) in [7, 11) is 1.68. The lowest BCUT2D eigenvalue weighted by Gasteiger charge is -2.34. The molecule has 1 fully saturated rings. The molecule has 0 aliphatic carbocycles. The molecule has 0 bridgehead atoms. The van der Waals surface area contributed by atoms with E-state index in [1.54, 1.807) is 7.11 Å². The highest BCUT2D eigenvalue weighted by molar-refractivity contribution is 5.60. The molecule has 1 aromatic heterocycles. The van der Waals surface area contributed by atoms with E-state index in [9.17, 15) is 0 Å². The Hall–Kier alpha value is -2.63. The molecule has 1 atom stereocenters. The van der Waals surface area contributed by atoms with E-state index in [-0.39, 0.29) is 6.04 Å². The lowest BCUT2D eigenvalue weighted by Crippen LogP contribution is -2.39. The van der Waals surface area contributed by atoms with Crippen LogP contribution in [0.25, 0.3) is 11.3 Å². The Morgan fingerprint density at radius 2 is 2.07 bits per heavy atom. The van der Waals surface area contributed by atoms with Gasteiger partial charge in [0.25, 0.3) is 0 Å². The average Bonchev–Trinajstić information content (AvgIpc) is 3.20. The minimum absolute atomic E-state index is 0.124. The highest BCUT2D eigenvalue weighted by Gasteiger charge is 2.27. The van der Waals surface area contributed by atoms with Crippen LogP contribution in [0.1, 0.15) is 23.0 Å². The van der Waals surface area contributed by atoms with Crippen LogP contribution in [0.3, 0.4) is 0 Å². The average molecular weight is 363 g/mol. The summed E-state index contributed by atoms with van der Waals surface area (Å²) in [4.78, 5) is 10.6. The zero-order chi connectivity index (χ0) is 18.6. The van der Waals surface area contributed by atoms with Gasteiger partial charge < -0.3 is 14.5 Å². The van der Waals surface area contributed by atoms with Crippen molar-refractivity contribution in [3.8, 4) is 17.0 Å². The Balaban J connectivity index is 1.55. The third kappa shape index (κ3) is 4.04. The molecule has 0 radical (unpaired) electrons. The minimum atomic E-state index is 0.124. The normalized spacial score (nSPS) is 17.8. The van der Waals surface area contributed by atoms with Crippen molar-refractivity contribution in [1.82, 2.24) is 14.9 Å². The Kier molecular flexibility index (Phi) is 5.23. The SMILES string of the molecule is COc1cccc(-c2cnc(C3COCCN3Cc3ccc(C)cc3)[nH]2)c1. The predicted molar refractivity (Wildman–Crippen MR) is 106 cm³/mol. The first-order chi connectivity index (χ1) is 13.2. The van der Waals surface area contributed by atoms with Gasteiger partial charge in [0.1, 0.15) is 11.6 Å². The number of hydrogen-bond donors (Lipinski definition) is 1. The Morgan fingerprint density at radius 1 is 1.22 bits per heavy atom. The van der Waals surface area contributed by atoms with Crippen LogP contribution < -0.4 is 4.74 Å². The molecule has 5 heteroatoms. The number of ether oxygens (including phenoxy) is 2. The van der Waals surface area contributed by atoms with E-state index in [1.165, 1.54) is 11.1 Å². The van der Waals surface area contributed by atoms with Gasteiger partial charge in [-0.25, -0.2) is 4.98 Å². The van der Waals surface area contributed by atoms with E-state index >= 15 is 0 Å². The van der Waals surface area contributed by atoms with Crippen molar-refractivity contribution < 1.29 is 9.47 Å². The Labute approximate surface area is 160 Å². The molecule has 1 aliphatic rings. The van der Waals surface area contributed by atoms with Gasteiger partial charge in [0.15, 0.2) is 0 Å². The van der Waals surface area contributed by atoms with Gasteiger partial charge in [-0.15, -0.1) is 0 Å². The van der Waals surface area contributed by atoms with Crippen molar-refractivity contribution in [2.75, 3.05) is 26.9 Å². The number of H-pyrrole nitrogens is 1. The van der Waals surface area contributed by atoms with Crippen LogP contribution in [0.2, 0.25) is 0 Å². The molecule has 1 N–H and O–H groups in total. The maximum atomic E-state index is 5.75. The number of nitrogens with one attached hydrogen (secondary N) is 1. The molecule has 27 heavy (non-hydrogen) atoms. The summed E-state index contributed by atoms with van der Waals surface area (Å²) >= 11 is 0. The van der Waals surface area contributed by atoms with Crippen LogP contribution in [0, 0.1) is 6.92 Å². The van der Waals surface area contributed by atoms with Crippen molar-refractivity contribution in [3.63, 3.8) is 0 Å². The first-order valence-electron chi connectivity index (χ1n) is 9.29. The zero-order valence-electron chi connectivity index (χ0n) is 15.8. The monoisotopic (exact) mass is 363 g/mol. The van der Waals surface area contributed by atoms with Gasteiger partial charge in [-0.2, -0.15) is 0 Å². The van der Waals surface area contributed by atoms with Gasteiger partial charge >= 0.3 is 0 Å². The fourth-order valence-electron chi connectivity index (χ4n) is 3.45. The first kappa shape index (κ1) is 17.8. The molecule has 1 saturated heterocycles. The second-order valence-corrected chi connectivity index (χ2v) is 6.96. The molecule has 0 spiro atoms. The highest BCUT2D eigenvalue weighted by Crippen LogP contribution is 2.28. The molecular weight excluding hydrogens is 338 g/mol. The molecule has 0 amide bonds. The summed E-state index contributed by atoms with van der Waals surface area (Å²) in [5.74, 6) is 1.78. The third-order valence-corrected chi connectivity index (χ3v) is 5.04. The number of aryl methyl sites for hydroxylation is 1. The van der Waals surface area contributed by atoms with Gasteiger partial charge in [0.05, 0.1) is 38.3 Å². The van der Waals surface area contributed by atoms with Crippen LogP contribution in [0.5, 0.6) is 5.75 Å². The first-order valence-corrected chi connectivity index (χ1v) is 9.29. The van der Waals surface area contributed by atoms with Crippen LogP contribution in [-0.2, 0) is 11.3 Å². The summed E-state index contributed by atoms with van der Waals surface area (Å²) < 4.78 is 11.1. The van der Waals surface area contributed by atoms with Crippen molar-refractivity contribution in [3.05, 3.63) is 71.7 Å². The van der Waals surface area contributed by atoms with Gasteiger partial charge in [0.2, 0.25) is 0 Å². The quantitative estimate of drug-likeness (QED) is 0.745. The molecule has 2 heterocycles. The molecule has 1 unspecified atom stereocenters. The second kappa shape index (κ2) is 7.94. The standard InChI is InChI=1S/C22H25N3O2/c1-16-6-8-17(9-7-16)14-25-10-11-27-15-21(25)22-23-13-20(24-22)18-4-3-5-19(12-18)26-2/h3-9,12-13,21H,10-11,14-15H2,1-2H3,(H,23,24). The van der Waals surface area contributed by atoms with Gasteiger partial charge in [-0.3, -0.25) is 4.90 Å². The molecule has 140 valence electrons. The fraction of sp³-hybridized carbons (Fsp3) is 0.318. The Bertz CT molecular complexity index is 889. The van der Waals surface area contributed by atoms with Crippen molar-refractivity contribution in [2.24, 2.45) is 0 Å². The van der Waals surface area contributed by atoms with Crippen LogP contribution in [0.4, 0.5) is 0 Å². The summed E-state index contributed by atoms with van der Waals surface area (Å²) in [5, 5.41) is 0. The minimum Gasteiger partial charge on any atom is -0.497 e. The summed E-state index contributed by atoms with van der Waals surface area (Å²) in [6, 6.07) is 16.9. The van der Waals surface area contributed by atoms with Crippen LogP contribution >= 0.6 is 0 Å². The zero-order valence-corrected chi connectivity index (χ0v) is 15.8. The molecule has 3 aromatic rings. The maximum Gasteiger partial charge on any atom is 0.126 e. The number of aromatic nitrogens is 2. The number of rotatable bonds is 5. The number of imidazole rings is 1. The van der Waals surface area contributed by atoms with Crippen LogP contribution in [0.15, 0.2) is 54.7 Å². The number of aromatic amines is 1. The lowest BCUT2D eigenvalue weighted by atomic mass is 10.1. The number of morpholine rings is 1. The third-order valence-electron chi connectivity index (χ3n) is 5.04. The van der Waals surface area contributed by atoms with Crippen molar-refractivity contribution >= 4 is 0 Å². The van der Waals surface area contributed by atoms with E-state index in [2.05, 4.69) is 52.1 Å². The van der Waals surface area contributed by atoms with E-state index in [1.807, 2.05) is 24.4 Å². The van der Waals surface area contributed by atoms with E-state index < -0.39 is 0 Å². The summed E-state index contributed by atoms with van der Waals surface area (Å²) in [6.45, 7) is 5.31. The molecule has 5 nitrogen and oxygen atoms in total. The smallest absolute Gasteiger partial charge is 0.126 e. The van der Waals surface area contributed by atoms with E-state index in [4.69, 9.17) is 9.47 Å². The molecular formula is C22H25N3O2. The summed E-state index contributed by atoms with van der Waals surface area (Å²) in [5.41, 5.74) is 4.65. The summed E-state index contributed by atoms with van der Waals surface area (Å²) in [6.07, 6.45) is 1.89. The van der Waals surface area contributed by atoms with E-state index in [0.29, 0.717) is 6.61 Å². The van der Waals surface area contributed by atoms with Crippen molar-refractivity contribution in [2.45, 2.75) is 19.5 Å². The van der Waals surface area contributed by atoms with Crippen LogP contribution in [-0.4, -0.2) is 41.7 Å². The number of benzene rings is 2. The fourth-order valence-corrected chi connectivity index (χ4v) is 3.45. The Morgan fingerprint density at radius 3 is 2.89 bits per heavy atom. The second-order valence-electron chi connectivity index (χ2n) is 6.96. The van der Waals surface area contributed by atoms with Gasteiger partial charge in [0, 0.05) is 18.7 Å². The molecule has 1 aliphatic heterocycles. The van der Waals surface area contributed by atoms with E-state index in [0.717, 1.165) is 42.5 Å². The van der Waals surface area contributed by atoms with Gasteiger partial charge in [-0.05, 0) is 24.6 Å². The predicted octanol–water partition coefficient (Wildman–Crippen LogP) is 3.97. The molecule has 0 saturated carbocycles.